The summed E-state index contributed by atoms with van der Waals surface area (Å²) in [5, 5.41) is 2.85. The second-order valence-corrected chi connectivity index (χ2v) is 6.30. The van der Waals surface area contributed by atoms with E-state index in [4.69, 9.17) is 4.42 Å². The van der Waals surface area contributed by atoms with Crippen LogP contribution in [0.3, 0.4) is 0 Å². The van der Waals surface area contributed by atoms with Crippen molar-refractivity contribution in [3.63, 3.8) is 0 Å². The van der Waals surface area contributed by atoms with E-state index in [1.807, 2.05) is 60.7 Å². The number of amides is 1. The molecule has 0 saturated carbocycles. The number of benzene rings is 2. The van der Waals surface area contributed by atoms with Crippen molar-refractivity contribution in [3.05, 3.63) is 91.1 Å². The zero-order chi connectivity index (χ0) is 19.2. The average molecular weight is 369 g/mol. The molecule has 4 aromatic rings. The van der Waals surface area contributed by atoms with Crippen LogP contribution in [0.2, 0.25) is 0 Å². The van der Waals surface area contributed by atoms with Gasteiger partial charge in [-0.2, -0.15) is 0 Å². The van der Waals surface area contributed by atoms with Crippen LogP contribution in [0, 0.1) is 0 Å². The number of hydrogen-bond acceptors (Lipinski definition) is 4. The number of hydrogen-bond donors (Lipinski definition) is 1. The van der Waals surface area contributed by atoms with Gasteiger partial charge < -0.3 is 9.73 Å². The van der Waals surface area contributed by atoms with E-state index >= 15 is 0 Å². The Labute approximate surface area is 163 Å². The Hall–Kier alpha value is -3.73. The third kappa shape index (κ3) is 4.15. The molecule has 0 radical (unpaired) electrons. The molecule has 0 spiro atoms. The molecule has 2 heterocycles. The maximum atomic E-state index is 12.2. The van der Waals surface area contributed by atoms with Crippen molar-refractivity contribution in [1.82, 2.24) is 9.97 Å². The van der Waals surface area contributed by atoms with Crippen LogP contribution in [0.15, 0.2) is 89.6 Å². The maximum absolute atomic E-state index is 12.2. The van der Waals surface area contributed by atoms with Gasteiger partial charge >= 0.3 is 0 Å². The van der Waals surface area contributed by atoms with E-state index in [1.165, 1.54) is 0 Å². The predicted octanol–water partition coefficient (Wildman–Crippen LogP) is 4.97. The van der Waals surface area contributed by atoms with Gasteiger partial charge in [0.05, 0.1) is 0 Å². The smallest absolute Gasteiger partial charge is 0.224 e. The number of pyridine rings is 1. The van der Waals surface area contributed by atoms with Crippen LogP contribution in [0.4, 0.5) is 5.69 Å². The molecule has 1 amide bonds. The van der Waals surface area contributed by atoms with E-state index in [2.05, 4.69) is 15.3 Å². The molecule has 28 heavy (non-hydrogen) atoms. The van der Waals surface area contributed by atoms with Gasteiger partial charge in [-0.05, 0) is 12.1 Å². The number of aromatic nitrogens is 2. The largest absolute Gasteiger partial charge is 0.440 e. The molecule has 5 nitrogen and oxygen atoms in total. The highest BCUT2D eigenvalue weighted by Crippen LogP contribution is 2.32. The van der Waals surface area contributed by atoms with Crippen LogP contribution >= 0.6 is 0 Å². The van der Waals surface area contributed by atoms with E-state index in [0.29, 0.717) is 12.3 Å². The van der Waals surface area contributed by atoms with Gasteiger partial charge in [-0.3, -0.25) is 9.78 Å². The summed E-state index contributed by atoms with van der Waals surface area (Å²) in [6.07, 6.45) is 3.98. The highest BCUT2D eigenvalue weighted by molar-refractivity contribution is 5.90. The molecule has 0 aliphatic carbocycles. The van der Waals surface area contributed by atoms with Crippen molar-refractivity contribution in [3.8, 4) is 22.6 Å². The molecule has 0 fully saturated rings. The molecule has 0 unspecified atom stereocenters. The van der Waals surface area contributed by atoms with Crippen LogP contribution in [0.1, 0.15) is 12.3 Å². The van der Waals surface area contributed by atoms with Crippen molar-refractivity contribution in [1.29, 1.82) is 0 Å². The summed E-state index contributed by atoms with van der Waals surface area (Å²) in [6.45, 7) is 0. The van der Waals surface area contributed by atoms with Crippen molar-refractivity contribution in [2.24, 2.45) is 0 Å². The molecule has 1 N–H and O–H groups in total. The minimum atomic E-state index is -0.0908. The SMILES string of the molecule is O=C(CCc1nc(-c2ccccc2)c(-c2ccccc2)o1)Nc1ccncc1. The van der Waals surface area contributed by atoms with Crippen LogP contribution in [0.25, 0.3) is 22.6 Å². The zero-order valence-electron chi connectivity index (χ0n) is 15.2. The van der Waals surface area contributed by atoms with E-state index in [9.17, 15) is 4.79 Å². The topological polar surface area (TPSA) is 68.0 Å². The van der Waals surface area contributed by atoms with Crippen LogP contribution < -0.4 is 5.32 Å². The molecular formula is C23H19N3O2. The molecule has 0 aliphatic heterocycles. The number of carbonyl (C=O) groups excluding carboxylic acids is 1. The van der Waals surface area contributed by atoms with Crippen LogP contribution in [-0.4, -0.2) is 15.9 Å². The van der Waals surface area contributed by atoms with E-state index in [0.717, 1.165) is 28.3 Å². The molecule has 4 rings (SSSR count). The van der Waals surface area contributed by atoms with Crippen LogP contribution in [-0.2, 0) is 11.2 Å². The van der Waals surface area contributed by atoms with Gasteiger partial charge in [0, 0.05) is 42.0 Å². The summed E-state index contributed by atoms with van der Waals surface area (Å²) in [5.41, 5.74) is 3.46. The second-order valence-electron chi connectivity index (χ2n) is 6.30. The lowest BCUT2D eigenvalue weighted by molar-refractivity contribution is -0.116. The first-order chi connectivity index (χ1) is 13.8. The summed E-state index contributed by atoms with van der Waals surface area (Å²) < 4.78 is 6.05. The fourth-order valence-electron chi connectivity index (χ4n) is 2.93. The van der Waals surface area contributed by atoms with E-state index in [-0.39, 0.29) is 12.3 Å². The number of nitrogens with zero attached hydrogens (tertiary/aromatic N) is 2. The van der Waals surface area contributed by atoms with E-state index in [1.54, 1.807) is 24.5 Å². The summed E-state index contributed by atoms with van der Waals surface area (Å²) in [5.74, 6) is 1.17. The second kappa shape index (κ2) is 8.31. The quantitative estimate of drug-likeness (QED) is 0.521. The fraction of sp³-hybridized carbons (Fsp3) is 0.0870. The number of carbonyl (C=O) groups is 1. The molecule has 5 heteroatoms. The average Bonchev–Trinajstić information content (AvgIpc) is 3.19. The van der Waals surface area contributed by atoms with Crippen molar-refractivity contribution in [2.75, 3.05) is 5.32 Å². The van der Waals surface area contributed by atoms with E-state index < -0.39 is 0 Å². The predicted molar refractivity (Wildman–Crippen MR) is 109 cm³/mol. The molecule has 0 bridgehead atoms. The Morgan fingerprint density at radius 3 is 2.18 bits per heavy atom. The molecule has 2 aromatic heterocycles. The summed E-state index contributed by atoms with van der Waals surface area (Å²) in [6, 6.07) is 23.3. The molecule has 0 atom stereocenters. The summed E-state index contributed by atoms with van der Waals surface area (Å²) in [4.78, 5) is 20.8. The van der Waals surface area contributed by atoms with Crippen molar-refractivity contribution < 1.29 is 9.21 Å². The lowest BCUT2D eigenvalue weighted by Crippen LogP contribution is -2.12. The Kier molecular flexibility index (Phi) is 5.24. The number of oxazole rings is 1. The lowest BCUT2D eigenvalue weighted by atomic mass is 10.1. The van der Waals surface area contributed by atoms with Gasteiger partial charge in [-0.1, -0.05) is 60.7 Å². The molecule has 2 aromatic carbocycles. The highest BCUT2D eigenvalue weighted by atomic mass is 16.4. The Morgan fingerprint density at radius 2 is 1.50 bits per heavy atom. The first-order valence-electron chi connectivity index (χ1n) is 9.10. The Morgan fingerprint density at radius 1 is 0.857 bits per heavy atom. The van der Waals surface area contributed by atoms with Gasteiger partial charge in [0.1, 0.15) is 5.69 Å². The number of nitrogens with one attached hydrogen (secondary N) is 1. The summed E-state index contributed by atoms with van der Waals surface area (Å²) in [7, 11) is 0. The Balaban J connectivity index is 1.55. The van der Waals surface area contributed by atoms with Gasteiger partial charge in [-0.15, -0.1) is 0 Å². The minimum absolute atomic E-state index is 0.0908. The fourth-order valence-corrected chi connectivity index (χ4v) is 2.93. The number of anilines is 1. The number of aryl methyl sites for hydroxylation is 1. The van der Waals surface area contributed by atoms with Crippen molar-refractivity contribution in [2.45, 2.75) is 12.8 Å². The minimum Gasteiger partial charge on any atom is -0.440 e. The molecule has 138 valence electrons. The van der Waals surface area contributed by atoms with Gasteiger partial charge in [0.15, 0.2) is 11.7 Å². The Bertz CT molecular complexity index is 988. The molecule has 0 aliphatic rings. The monoisotopic (exact) mass is 369 g/mol. The lowest BCUT2D eigenvalue weighted by Gasteiger charge is -2.03. The highest BCUT2D eigenvalue weighted by Gasteiger charge is 2.17. The van der Waals surface area contributed by atoms with Crippen molar-refractivity contribution >= 4 is 11.6 Å². The van der Waals surface area contributed by atoms with Crippen LogP contribution in [0.5, 0.6) is 0 Å². The standard InChI is InChI=1S/C23H19N3O2/c27-20(25-19-13-15-24-16-14-19)11-12-21-26-22(17-7-3-1-4-8-17)23(28-21)18-9-5-2-6-10-18/h1-10,13-16H,11-12H2,(H,24,25,27). The normalized spacial score (nSPS) is 10.6. The van der Waals surface area contributed by atoms with Gasteiger partial charge in [0.25, 0.3) is 0 Å². The molecule has 0 saturated heterocycles. The third-order valence-corrected chi connectivity index (χ3v) is 4.28. The maximum Gasteiger partial charge on any atom is 0.224 e. The zero-order valence-corrected chi connectivity index (χ0v) is 15.2. The molecular weight excluding hydrogens is 350 g/mol. The first kappa shape index (κ1) is 17.7. The van der Waals surface area contributed by atoms with Gasteiger partial charge in [0.2, 0.25) is 5.91 Å². The number of rotatable bonds is 6. The first-order valence-corrected chi connectivity index (χ1v) is 9.10. The summed E-state index contributed by atoms with van der Waals surface area (Å²) >= 11 is 0. The third-order valence-electron chi connectivity index (χ3n) is 4.28. The van der Waals surface area contributed by atoms with Gasteiger partial charge in [-0.25, -0.2) is 4.98 Å².